The summed E-state index contributed by atoms with van der Waals surface area (Å²) < 4.78 is 2.06. The Hall–Kier alpha value is -3.18. The molecule has 2 heterocycles. The first-order chi connectivity index (χ1) is 14.6. The van der Waals surface area contributed by atoms with Gasteiger partial charge in [-0.15, -0.1) is 11.3 Å². The summed E-state index contributed by atoms with van der Waals surface area (Å²) in [6, 6.07) is 22.4. The first-order valence-electron chi connectivity index (χ1n) is 10.2. The summed E-state index contributed by atoms with van der Waals surface area (Å²) >= 11 is 1.58. The number of hydrogen-bond acceptors (Lipinski definition) is 3. The average molecular weight is 414 g/mol. The molecule has 2 aromatic heterocycles. The number of rotatable bonds is 4. The van der Waals surface area contributed by atoms with Crippen molar-refractivity contribution in [3.05, 3.63) is 94.1 Å². The van der Waals surface area contributed by atoms with Crippen LogP contribution in [0.5, 0.6) is 0 Å². The standard InChI is InChI=1S/C25H23N3OS/c1-16(18-9-5-3-6-10-18)26-25(29)22-15-19-13-14-21-23(24(19)30-22)17(2)27-28(21)20-11-7-4-8-12-20/h3-12,15-16H,13-14H2,1-2H3,(H,26,29)/t16-/m1/s1. The summed E-state index contributed by atoms with van der Waals surface area (Å²) in [6.45, 7) is 4.08. The van der Waals surface area contributed by atoms with Crippen LogP contribution in [0.4, 0.5) is 0 Å². The number of aromatic nitrogens is 2. The first kappa shape index (κ1) is 18.8. The zero-order valence-corrected chi connectivity index (χ0v) is 17.9. The van der Waals surface area contributed by atoms with Crippen molar-refractivity contribution < 1.29 is 4.79 Å². The van der Waals surface area contributed by atoms with E-state index in [0.717, 1.165) is 34.7 Å². The van der Waals surface area contributed by atoms with Crippen LogP contribution in [0.25, 0.3) is 16.1 Å². The smallest absolute Gasteiger partial charge is 0.261 e. The number of para-hydroxylation sites is 1. The molecule has 2 aromatic carbocycles. The predicted octanol–water partition coefficient (Wildman–Crippen LogP) is 5.50. The molecule has 5 rings (SSSR count). The molecular formula is C25H23N3OS. The molecule has 0 saturated carbocycles. The molecule has 4 nitrogen and oxygen atoms in total. The highest BCUT2D eigenvalue weighted by atomic mass is 32.1. The van der Waals surface area contributed by atoms with E-state index in [4.69, 9.17) is 5.10 Å². The van der Waals surface area contributed by atoms with Gasteiger partial charge in [0.1, 0.15) is 0 Å². The minimum atomic E-state index is -0.0315. The Balaban J connectivity index is 1.46. The lowest BCUT2D eigenvalue weighted by Crippen LogP contribution is -2.25. The molecule has 4 aromatic rings. The van der Waals surface area contributed by atoms with E-state index in [9.17, 15) is 4.79 Å². The number of aryl methyl sites for hydroxylation is 2. The largest absolute Gasteiger partial charge is 0.345 e. The third kappa shape index (κ3) is 3.25. The van der Waals surface area contributed by atoms with Crippen LogP contribution in [0, 0.1) is 6.92 Å². The van der Waals surface area contributed by atoms with Gasteiger partial charge in [-0.05, 0) is 56.0 Å². The van der Waals surface area contributed by atoms with Gasteiger partial charge in [0.25, 0.3) is 5.91 Å². The van der Waals surface area contributed by atoms with Crippen molar-refractivity contribution >= 4 is 17.2 Å². The van der Waals surface area contributed by atoms with Gasteiger partial charge in [-0.25, -0.2) is 4.68 Å². The Morgan fingerprint density at radius 1 is 1.07 bits per heavy atom. The summed E-state index contributed by atoms with van der Waals surface area (Å²) in [6.07, 6.45) is 1.86. The zero-order chi connectivity index (χ0) is 20.7. The molecule has 1 aliphatic carbocycles. The third-order valence-electron chi connectivity index (χ3n) is 5.69. The van der Waals surface area contributed by atoms with Crippen LogP contribution in [0.3, 0.4) is 0 Å². The third-order valence-corrected chi connectivity index (χ3v) is 6.89. The van der Waals surface area contributed by atoms with Crippen LogP contribution in [0.15, 0.2) is 66.7 Å². The molecule has 0 saturated heterocycles. The summed E-state index contributed by atoms with van der Waals surface area (Å²) in [5.41, 5.74) is 6.88. The van der Waals surface area contributed by atoms with Crippen LogP contribution in [-0.4, -0.2) is 15.7 Å². The van der Waals surface area contributed by atoms with E-state index in [1.165, 1.54) is 21.7 Å². The van der Waals surface area contributed by atoms with E-state index in [-0.39, 0.29) is 11.9 Å². The van der Waals surface area contributed by atoms with E-state index >= 15 is 0 Å². The Morgan fingerprint density at radius 2 is 1.77 bits per heavy atom. The maximum atomic E-state index is 12.9. The number of carbonyl (C=O) groups excluding carboxylic acids is 1. The fourth-order valence-electron chi connectivity index (χ4n) is 4.17. The Bertz CT molecular complexity index is 1210. The predicted molar refractivity (Wildman–Crippen MR) is 121 cm³/mol. The quantitative estimate of drug-likeness (QED) is 0.480. The number of hydrogen-bond donors (Lipinski definition) is 1. The van der Waals surface area contributed by atoms with Crippen molar-refractivity contribution in [1.82, 2.24) is 15.1 Å². The van der Waals surface area contributed by atoms with E-state index in [0.29, 0.717) is 0 Å². The molecule has 0 fully saturated rings. The van der Waals surface area contributed by atoms with Crippen molar-refractivity contribution in [3.8, 4) is 16.1 Å². The van der Waals surface area contributed by atoms with Gasteiger partial charge in [0.05, 0.1) is 28.0 Å². The molecule has 0 spiro atoms. The number of nitrogens with zero attached hydrogens (tertiary/aromatic N) is 2. The SMILES string of the molecule is Cc1nn(-c2ccccc2)c2c1-c1sc(C(=O)N[C@H](C)c3ccccc3)cc1CC2. The number of nitrogens with one attached hydrogen (secondary N) is 1. The van der Waals surface area contributed by atoms with Gasteiger partial charge >= 0.3 is 0 Å². The molecule has 0 radical (unpaired) electrons. The second kappa shape index (κ2) is 7.58. The van der Waals surface area contributed by atoms with Crippen molar-refractivity contribution in [2.24, 2.45) is 0 Å². The van der Waals surface area contributed by atoms with Crippen LogP contribution in [-0.2, 0) is 12.8 Å². The Labute approximate surface area is 180 Å². The molecule has 0 aliphatic heterocycles. The fourth-order valence-corrected chi connectivity index (χ4v) is 5.40. The highest BCUT2D eigenvalue weighted by Crippen LogP contribution is 2.42. The van der Waals surface area contributed by atoms with Gasteiger partial charge in [-0.1, -0.05) is 48.5 Å². The number of carbonyl (C=O) groups is 1. The number of benzene rings is 2. The molecule has 0 bridgehead atoms. The van der Waals surface area contributed by atoms with E-state index < -0.39 is 0 Å². The van der Waals surface area contributed by atoms with E-state index in [1.807, 2.05) is 55.5 Å². The van der Waals surface area contributed by atoms with Crippen molar-refractivity contribution in [2.75, 3.05) is 0 Å². The number of thiophene rings is 1. The van der Waals surface area contributed by atoms with Crippen molar-refractivity contribution in [2.45, 2.75) is 32.7 Å². The summed E-state index contributed by atoms with van der Waals surface area (Å²) in [7, 11) is 0. The Kier molecular flexibility index (Phi) is 4.75. The lowest BCUT2D eigenvalue weighted by atomic mass is 9.95. The van der Waals surface area contributed by atoms with Gasteiger partial charge in [-0.2, -0.15) is 5.10 Å². The summed E-state index contributed by atoms with van der Waals surface area (Å²) in [5, 5.41) is 7.97. The summed E-state index contributed by atoms with van der Waals surface area (Å²) in [4.78, 5) is 14.9. The number of fused-ring (bicyclic) bond motifs is 3. The molecule has 0 unspecified atom stereocenters. The fraction of sp³-hybridized carbons (Fsp3) is 0.200. The minimum absolute atomic E-state index is 0.0135. The average Bonchev–Trinajstić information content (AvgIpc) is 3.36. The highest BCUT2D eigenvalue weighted by molar-refractivity contribution is 7.17. The monoisotopic (exact) mass is 413 g/mol. The molecule has 1 atom stereocenters. The maximum absolute atomic E-state index is 12.9. The van der Waals surface area contributed by atoms with Crippen molar-refractivity contribution in [1.29, 1.82) is 0 Å². The van der Waals surface area contributed by atoms with Crippen LogP contribution in [0.2, 0.25) is 0 Å². The normalized spacial score (nSPS) is 13.4. The maximum Gasteiger partial charge on any atom is 0.261 e. The lowest BCUT2D eigenvalue weighted by Gasteiger charge is -2.14. The van der Waals surface area contributed by atoms with Crippen LogP contribution >= 0.6 is 11.3 Å². The summed E-state index contributed by atoms with van der Waals surface area (Å²) in [5.74, 6) is -0.0135. The van der Waals surface area contributed by atoms with Gasteiger partial charge in [0, 0.05) is 10.4 Å². The van der Waals surface area contributed by atoms with Gasteiger partial charge in [0.15, 0.2) is 0 Å². The van der Waals surface area contributed by atoms with E-state index in [2.05, 4.69) is 35.1 Å². The van der Waals surface area contributed by atoms with Crippen LogP contribution < -0.4 is 5.32 Å². The molecule has 5 heteroatoms. The van der Waals surface area contributed by atoms with Gasteiger partial charge < -0.3 is 5.32 Å². The van der Waals surface area contributed by atoms with Crippen molar-refractivity contribution in [3.63, 3.8) is 0 Å². The Morgan fingerprint density at radius 3 is 2.50 bits per heavy atom. The molecule has 1 amide bonds. The molecular weight excluding hydrogens is 390 g/mol. The van der Waals surface area contributed by atoms with Crippen LogP contribution in [0.1, 0.15) is 45.2 Å². The first-order valence-corrected chi connectivity index (χ1v) is 11.1. The molecule has 1 N–H and O–H groups in total. The highest BCUT2D eigenvalue weighted by Gasteiger charge is 2.28. The minimum Gasteiger partial charge on any atom is -0.345 e. The molecule has 1 aliphatic rings. The second-order valence-electron chi connectivity index (χ2n) is 7.73. The van der Waals surface area contributed by atoms with Gasteiger partial charge in [-0.3, -0.25) is 4.79 Å². The zero-order valence-electron chi connectivity index (χ0n) is 17.1. The lowest BCUT2D eigenvalue weighted by molar-refractivity contribution is 0.0944. The molecule has 30 heavy (non-hydrogen) atoms. The second-order valence-corrected chi connectivity index (χ2v) is 8.78. The number of amides is 1. The van der Waals surface area contributed by atoms with E-state index in [1.54, 1.807) is 11.3 Å². The topological polar surface area (TPSA) is 46.9 Å². The van der Waals surface area contributed by atoms with Gasteiger partial charge in [0.2, 0.25) is 0 Å². The molecule has 150 valence electrons.